The Labute approximate surface area is 164 Å². The highest BCUT2D eigenvalue weighted by Crippen LogP contribution is 2.25. The first-order chi connectivity index (χ1) is 13.7. The van der Waals surface area contributed by atoms with Crippen LogP contribution in [0.2, 0.25) is 0 Å². The van der Waals surface area contributed by atoms with Crippen LogP contribution in [0.5, 0.6) is 0 Å². The van der Waals surface area contributed by atoms with Crippen LogP contribution in [0.15, 0.2) is 54.9 Å². The molecule has 2 fully saturated rings. The fourth-order valence-electron chi connectivity index (χ4n) is 3.93. The monoisotopic (exact) mass is 379 g/mol. The minimum atomic E-state index is -0.285. The van der Waals surface area contributed by atoms with Gasteiger partial charge in [-0.1, -0.05) is 30.3 Å². The molecule has 1 aromatic heterocycles. The van der Waals surface area contributed by atoms with Crippen molar-refractivity contribution < 1.29 is 9.59 Å². The molecule has 2 amide bonds. The molecule has 3 unspecified atom stereocenters. The van der Waals surface area contributed by atoms with Crippen molar-refractivity contribution in [3.05, 3.63) is 66.0 Å². The number of benzene rings is 1. The second-order valence-corrected chi connectivity index (χ2v) is 7.45. The van der Waals surface area contributed by atoms with Crippen molar-refractivity contribution in [1.82, 2.24) is 26.1 Å². The molecule has 0 bridgehead atoms. The fraction of sp³-hybridized carbons (Fsp3) is 0.381. The Balaban J connectivity index is 1.30. The molecule has 2 aliphatic rings. The number of pyridine rings is 1. The minimum absolute atomic E-state index is 0.0309. The van der Waals surface area contributed by atoms with Gasteiger partial charge in [0.15, 0.2) is 0 Å². The van der Waals surface area contributed by atoms with Crippen molar-refractivity contribution in [3.8, 4) is 0 Å². The van der Waals surface area contributed by atoms with E-state index in [-0.39, 0.29) is 36.1 Å². The lowest BCUT2D eigenvalue weighted by Crippen LogP contribution is -2.37. The van der Waals surface area contributed by atoms with Gasteiger partial charge in [-0.25, -0.2) is 5.43 Å². The van der Waals surface area contributed by atoms with Crippen LogP contribution in [0.25, 0.3) is 0 Å². The first kappa shape index (κ1) is 18.6. The van der Waals surface area contributed by atoms with Crippen LogP contribution in [0.1, 0.15) is 23.6 Å². The highest BCUT2D eigenvalue weighted by atomic mass is 16.2. The van der Waals surface area contributed by atoms with E-state index in [1.807, 2.05) is 30.3 Å². The average molecular weight is 379 g/mol. The van der Waals surface area contributed by atoms with E-state index in [1.54, 1.807) is 17.3 Å². The molecule has 1 aromatic carbocycles. The number of hydrogen-bond donors (Lipinski definition) is 3. The van der Waals surface area contributed by atoms with Crippen LogP contribution in [-0.2, 0) is 16.1 Å². The van der Waals surface area contributed by atoms with Crippen LogP contribution in [0.3, 0.4) is 0 Å². The van der Waals surface area contributed by atoms with Gasteiger partial charge in [-0.15, -0.1) is 0 Å². The predicted molar refractivity (Wildman–Crippen MR) is 105 cm³/mol. The van der Waals surface area contributed by atoms with Gasteiger partial charge in [0.2, 0.25) is 11.8 Å². The summed E-state index contributed by atoms with van der Waals surface area (Å²) in [5, 5.41) is 3.06. The molecule has 0 saturated carbocycles. The zero-order chi connectivity index (χ0) is 19.3. The average Bonchev–Trinajstić information content (AvgIpc) is 3.34. The molecule has 0 radical (unpaired) electrons. The van der Waals surface area contributed by atoms with Crippen molar-refractivity contribution in [1.29, 1.82) is 0 Å². The molecule has 2 aromatic rings. The lowest BCUT2D eigenvalue weighted by atomic mass is 9.94. The summed E-state index contributed by atoms with van der Waals surface area (Å²) in [6.45, 7) is 2.36. The van der Waals surface area contributed by atoms with Gasteiger partial charge in [0, 0.05) is 50.9 Å². The Hall–Kier alpha value is -2.77. The molecule has 2 aliphatic heterocycles. The number of hydrazine groups is 1. The summed E-state index contributed by atoms with van der Waals surface area (Å²) in [5.74, 6) is -0.0316. The van der Waals surface area contributed by atoms with E-state index >= 15 is 0 Å². The molecule has 0 aliphatic carbocycles. The van der Waals surface area contributed by atoms with Crippen LogP contribution in [0.4, 0.5) is 0 Å². The summed E-state index contributed by atoms with van der Waals surface area (Å²) in [5.41, 5.74) is 8.70. The Morgan fingerprint density at radius 1 is 1.18 bits per heavy atom. The third-order valence-corrected chi connectivity index (χ3v) is 5.50. The number of aromatic nitrogens is 1. The molecular formula is C21H25N5O2. The summed E-state index contributed by atoms with van der Waals surface area (Å²) in [4.78, 5) is 30.7. The first-order valence-electron chi connectivity index (χ1n) is 9.68. The summed E-state index contributed by atoms with van der Waals surface area (Å²) < 4.78 is 0. The standard InChI is InChI=1S/C21H25N5O2/c27-19-10-17(14-26(19)13-15-6-8-22-9-7-15)21(28)23-11-18-12-24-25-20(18)16-4-2-1-3-5-16/h1-9,17-18,20,24-25H,10-14H2,(H,23,28). The number of hydrogen-bond acceptors (Lipinski definition) is 5. The van der Waals surface area contributed by atoms with Crippen molar-refractivity contribution in [2.45, 2.75) is 19.0 Å². The quantitative estimate of drug-likeness (QED) is 0.698. The van der Waals surface area contributed by atoms with E-state index in [0.717, 1.165) is 12.1 Å². The van der Waals surface area contributed by atoms with E-state index in [0.29, 0.717) is 19.6 Å². The van der Waals surface area contributed by atoms with Crippen LogP contribution >= 0.6 is 0 Å². The number of rotatable bonds is 6. The predicted octanol–water partition coefficient (Wildman–Crippen LogP) is 1.01. The zero-order valence-corrected chi connectivity index (χ0v) is 15.7. The number of amides is 2. The Bertz CT molecular complexity index is 814. The molecule has 3 N–H and O–H groups in total. The van der Waals surface area contributed by atoms with E-state index in [9.17, 15) is 9.59 Å². The lowest BCUT2D eigenvalue weighted by Gasteiger charge is -2.20. The van der Waals surface area contributed by atoms with E-state index in [4.69, 9.17) is 0 Å². The number of nitrogens with zero attached hydrogens (tertiary/aromatic N) is 2. The molecule has 3 heterocycles. The number of nitrogens with one attached hydrogen (secondary N) is 3. The molecule has 7 heteroatoms. The van der Waals surface area contributed by atoms with Gasteiger partial charge in [-0.05, 0) is 23.3 Å². The number of carbonyl (C=O) groups is 2. The Morgan fingerprint density at radius 3 is 2.75 bits per heavy atom. The molecule has 0 spiro atoms. The topological polar surface area (TPSA) is 86.4 Å². The summed E-state index contributed by atoms with van der Waals surface area (Å²) in [6.07, 6.45) is 3.71. The zero-order valence-electron chi connectivity index (χ0n) is 15.7. The molecule has 146 valence electrons. The summed E-state index contributed by atoms with van der Waals surface area (Å²) >= 11 is 0. The summed E-state index contributed by atoms with van der Waals surface area (Å²) in [6, 6.07) is 14.2. The highest BCUT2D eigenvalue weighted by molar-refractivity contribution is 5.89. The van der Waals surface area contributed by atoms with Crippen LogP contribution in [0, 0.1) is 11.8 Å². The van der Waals surface area contributed by atoms with E-state index in [2.05, 4.69) is 33.3 Å². The first-order valence-corrected chi connectivity index (χ1v) is 9.68. The summed E-state index contributed by atoms with van der Waals surface area (Å²) in [7, 11) is 0. The van der Waals surface area contributed by atoms with Gasteiger partial charge in [-0.3, -0.25) is 20.0 Å². The van der Waals surface area contributed by atoms with Crippen molar-refractivity contribution in [2.24, 2.45) is 11.8 Å². The fourth-order valence-corrected chi connectivity index (χ4v) is 3.93. The van der Waals surface area contributed by atoms with Crippen molar-refractivity contribution >= 4 is 11.8 Å². The van der Waals surface area contributed by atoms with Crippen LogP contribution in [-0.4, -0.2) is 41.3 Å². The molecule has 28 heavy (non-hydrogen) atoms. The van der Waals surface area contributed by atoms with E-state index in [1.165, 1.54) is 5.56 Å². The number of carbonyl (C=O) groups excluding carboxylic acids is 2. The smallest absolute Gasteiger partial charge is 0.225 e. The van der Waals surface area contributed by atoms with Gasteiger partial charge in [-0.2, -0.15) is 0 Å². The lowest BCUT2D eigenvalue weighted by molar-refractivity contribution is -0.129. The maximum absolute atomic E-state index is 12.6. The van der Waals surface area contributed by atoms with Gasteiger partial charge >= 0.3 is 0 Å². The molecule has 7 nitrogen and oxygen atoms in total. The third-order valence-electron chi connectivity index (χ3n) is 5.50. The van der Waals surface area contributed by atoms with Gasteiger partial charge in [0.25, 0.3) is 0 Å². The normalized spacial score (nSPS) is 24.5. The maximum Gasteiger partial charge on any atom is 0.225 e. The molecular weight excluding hydrogens is 354 g/mol. The number of likely N-dealkylation sites (tertiary alicyclic amines) is 1. The largest absolute Gasteiger partial charge is 0.355 e. The molecule has 2 saturated heterocycles. The Morgan fingerprint density at radius 2 is 1.96 bits per heavy atom. The molecule has 4 rings (SSSR count). The van der Waals surface area contributed by atoms with E-state index < -0.39 is 0 Å². The van der Waals surface area contributed by atoms with Crippen molar-refractivity contribution in [2.75, 3.05) is 19.6 Å². The third kappa shape index (κ3) is 4.21. The van der Waals surface area contributed by atoms with Gasteiger partial charge in [0.1, 0.15) is 0 Å². The van der Waals surface area contributed by atoms with Crippen molar-refractivity contribution in [3.63, 3.8) is 0 Å². The van der Waals surface area contributed by atoms with Gasteiger partial charge in [0.05, 0.1) is 12.0 Å². The van der Waals surface area contributed by atoms with Crippen LogP contribution < -0.4 is 16.2 Å². The Kier molecular flexibility index (Phi) is 5.64. The maximum atomic E-state index is 12.6. The SMILES string of the molecule is O=C(NCC1CNNC1c1ccccc1)C1CC(=O)N(Cc2ccncc2)C1. The minimum Gasteiger partial charge on any atom is -0.355 e. The molecule has 3 atom stereocenters. The second-order valence-electron chi connectivity index (χ2n) is 7.45. The highest BCUT2D eigenvalue weighted by Gasteiger charge is 2.35. The van der Waals surface area contributed by atoms with Gasteiger partial charge < -0.3 is 10.2 Å². The second kappa shape index (κ2) is 8.50.